The van der Waals surface area contributed by atoms with Crippen LogP contribution in [0.25, 0.3) is 0 Å². The third kappa shape index (κ3) is 2.62. The molecule has 1 heterocycles. The van der Waals surface area contributed by atoms with Gasteiger partial charge < -0.3 is 9.73 Å². The average Bonchev–Trinajstić information content (AvgIpc) is 2.85. The maximum Gasteiger partial charge on any atom is 0.256 e. The molecule has 0 aliphatic heterocycles. The van der Waals surface area contributed by atoms with Gasteiger partial charge in [-0.05, 0) is 48.9 Å². The van der Waals surface area contributed by atoms with Gasteiger partial charge in [-0.1, -0.05) is 6.42 Å². The lowest BCUT2D eigenvalue weighted by Crippen LogP contribution is -2.38. The van der Waals surface area contributed by atoms with Crippen LogP contribution in [0.4, 0.5) is 0 Å². The van der Waals surface area contributed by atoms with Gasteiger partial charge in [-0.2, -0.15) is 11.8 Å². The number of carbonyl (C=O) groups excluding carboxylic acids is 1. The van der Waals surface area contributed by atoms with Crippen LogP contribution in [0.3, 0.4) is 0 Å². The van der Waals surface area contributed by atoms with Gasteiger partial charge in [0, 0.05) is 11.3 Å². The largest absolute Gasteiger partial charge is 0.465 e. The highest BCUT2D eigenvalue weighted by atomic mass is 79.9. The van der Waals surface area contributed by atoms with Crippen LogP contribution in [0.1, 0.15) is 41.1 Å². The molecule has 1 fully saturated rings. The molecular weight excluding hydrogens is 314 g/mol. The van der Waals surface area contributed by atoms with Crippen LogP contribution in [0.15, 0.2) is 8.89 Å². The van der Waals surface area contributed by atoms with E-state index in [0.717, 1.165) is 16.7 Å². The lowest BCUT2D eigenvalue weighted by molar-refractivity contribution is 0.0936. The number of amides is 1. The number of hydrogen-bond acceptors (Lipinski definition) is 3. The van der Waals surface area contributed by atoms with E-state index in [0.29, 0.717) is 16.6 Å². The zero-order valence-electron chi connectivity index (χ0n) is 10.9. The van der Waals surface area contributed by atoms with Crippen LogP contribution in [-0.2, 0) is 0 Å². The van der Waals surface area contributed by atoms with Gasteiger partial charge in [0.05, 0.1) is 10.0 Å². The van der Waals surface area contributed by atoms with Gasteiger partial charge in [-0.25, -0.2) is 0 Å². The second kappa shape index (κ2) is 5.70. The third-order valence-corrected chi connectivity index (χ3v) is 5.61. The molecule has 100 valence electrons. The van der Waals surface area contributed by atoms with Gasteiger partial charge in [0.25, 0.3) is 5.91 Å². The highest BCUT2D eigenvalue weighted by Crippen LogP contribution is 2.30. The standard InChI is InChI=1S/C13H18BrNO2S/c1-7-11(12(14)8(2)17-7)13(16)15-9-5-4-6-10(9)18-3/h9-10H,4-6H2,1-3H3,(H,15,16)/t9-,10-/m1/s1. The van der Waals surface area contributed by atoms with Crippen molar-refractivity contribution in [3.63, 3.8) is 0 Å². The van der Waals surface area contributed by atoms with Crippen molar-refractivity contribution in [3.8, 4) is 0 Å². The van der Waals surface area contributed by atoms with Crippen LogP contribution in [0.5, 0.6) is 0 Å². The van der Waals surface area contributed by atoms with E-state index in [1.54, 1.807) is 0 Å². The fraction of sp³-hybridized carbons (Fsp3) is 0.615. The number of halogens is 1. The second-order valence-corrected chi connectivity index (χ2v) is 6.56. The van der Waals surface area contributed by atoms with E-state index in [9.17, 15) is 4.79 Å². The summed E-state index contributed by atoms with van der Waals surface area (Å²) in [7, 11) is 0. The lowest BCUT2D eigenvalue weighted by Gasteiger charge is -2.19. The molecule has 2 rings (SSSR count). The first-order valence-corrected chi connectivity index (χ1v) is 8.21. The molecule has 0 saturated heterocycles. The van der Waals surface area contributed by atoms with Crippen LogP contribution in [0, 0.1) is 13.8 Å². The van der Waals surface area contributed by atoms with Crippen LogP contribution < -0.4 is 5.32 Å². The Balaban J connectivity index is 2.12. The summed E-state index contributed by atoms with van der Waals surface area (Å²) < 4.78 is 6.25. The van der Waals surface area contributed by atoms with E-state index in [4.69, 9.17) is 4.42 Å². The molecular formula is C13H18BrNO2S. The number of hydrogen-bond donors (Lipinski definition) is 1. The van der Waals surface area contributed by atoms with Crippen molar-refractivity contribution in [1.29, 1.82) is 0 Å². The first kappa shape index (κ1) is 14.0. The molecule has 1 amide bonds. The smallest absolute Gasteiger partial charge is 0.256 e. The fourth-order valence-corrected chi connectivity index (χ4v) is 4.00. The van der Waals surface area contributed by atoms with E-state index >= 15 is 0 Å². The molecule has 1 saturated carbocycles. The molecule has 1 aliphatic carbocycles. The van der Waals surface area contributed by atoms with Crippen molar-refractivity contribution in [2.45, 2.75) is 44.4 Å². The van der Waals surface area contributed by atoms with E-state index in [2.05, 4.69) is 27.5 Å². The molecule has 18 heavy (non-hydrogen) atoms. The van der Waals surface area contributed by atoms with Crippen molar-refractivity contribution in [2.24, 2.45) is 0 Å². The van der Waals surface area contributed by atoms with Crippen molar-refractivity contribution < 1.29 is 9.21 Å². The highest BCUT2D eigenvalue weighted by Gasteiger charge is 2.29. The summed E-state index contributed by atoms with van der Waals surface area (Å²) >= 11 is 5.26. The number of thioether (sulfide) groups is 1. The monoisotopic (exact) mass is 331 g/mol. The summed E-state index contributed by atoms with van der Waals surface area (Å²) in [5.74, 6) is 1.41. The molecule has 1 aromatic rings. The summed E-state index contributed by atoms with van der Waals surface area (Å²) in [5, 5.41) is 3.68. The summed E-state index contributed by atoms with van der Waals surface area (Å²) in [6, 6.07) is 0.286. The van der Waals surface area contributed by atoms with Crippen molar-refractivity contribution >= 4 is 33.6 Å². The molecule has 0 bridgehead atoms. The van der Waals surface area contributed by atoms with Crippen LogP contribution in [-0.4, -0.2) is 23.5 Å². The molecule has 0 aromatic carbocycles. The number of carbonyl (C=O) groups is 1. The lowest BCUT2D eigenvalue weighted by atomic mass is 10.2. The maximum absolute atomic E-state index is 12.3. The molecule has 0 unspecified atom stereocenters. The van der Waals surface area contributed by atoms with Crippen LogP contribution in [0.2, 0.25) is 0 Å². The van der Waals surface area contributed by atoms with Crippen molar-refractivity contribution in [2.75, 3.05) is 6.26 Å². The topological polar surface area (TPSA) is 42.2 Å². The molecule has 1 aliphatic rings. The first-order chi connectivity index (χ1) is 8.54. The number of rotatable bonds is 3. The Morgan fingerprint density at radius 3 is 2.67 bits per heavy atom. The Hall–Kier alpha value is -0.420. The predicted octanol–water partition coefficient (Wildman–Crippen LogP) is 3.67. The zero-order valence-corrected chi connectivity index (χ0v) is 13.3. The highest BCUT2D eigenvalue weighted by molar-refractivity contribution is 9.10. The summed E-state index contributed by atoms with van der Waals surface area (Å²) in [6.45, 7) is 3.68. The molecule has 3 nitrogen and oxygen atoms in total. The molecule has 0 radical (unpaired) electrons. The van der Waals surface area contributed by atoms with Gasteiger partial charge in [-0.3, -0.25) is 4.79 Å². The molecule has 1 N–H and O–H groups in total. The van der Waals surface area contributed by atoms with Gasteiger partial charge in [0.2, 0.25) is 0 Å². The third-order valence-electron chi connectivity index (χ3n) is 3.49. The molecule has 2 atom stereocenters. The van der Waals surface area contributed by atoms with E-state index < -0.39 is 0 Å². The van der Waals surface area contributed by atoms with Crippen molar-refractivity contribution in [3.05, 3.63) is 21.6 Å². The minimum Gasteiger partial charge on any atom is -0.465 e. The fourth-order valence-electron chi connectivity index (χ4n) is 2.53. The van der Waals surface area contributed by atoms with Gasteiger partial charge in [0.1, 0.15) is 11.5 Å². The number of furan rings is 1. The van der Waals surface area contributed by atoms with Crippen LogP contribution >= 0.6 is 27.7 Å². The molecule has 0 spiro atoms. The quantitative estimate of drug-likeness (QED) is 0.918. The Morgan fingerprint density at radius 2 is 2.11 bits per heavy atom. The normalized spacial score (nSPS) is 23.3. The second-order valence-electron chi connectivity index (χ2n) is 4.69. The Morgan fingerprint density at radius 1 is 1.39 bits per heavy atom. The Kier molecular flexibility index (Phi) is 4.43. The van der Waals surface area contributed by atoms with Crippen molar-refractivity contribution in [1.82, 2.24) is 5.32 Å². The van der Waals surface area contributed by atoms with E-state index in [-0.39, 0.29) is 11.9 Å². The maximum atomic E-state index is 12.3. The predicted molar refractivity (Wildman–Crippen MR) is 78.3 cm³/mol. The molecule has 5 heteroatoms. The first-order valence-electron chi connectivity index (χ1n) is 6.13. The van der Waals surface area contributed by atoms with E-state index in [1.807, 2.05) is 25.6 Å². The minimum absolute atomic E-state index is 0.0258. The Bertz CT molecular complexity index is 458. The van der Waals surface area contributed by atoms with Gasteiger partial charge in [0.15, 0.2) is 0 Å². The SMILES string of the molecule is CS[C@@H]1CCC[C@H]1NC(=O)c1c(C)oc(C)c1Br. The van der Waals surface area contributed by atoms with E-state index in [1.165, 1.54) is 12.8 Å². The zero-order chi connectivity index (χ0) is 13.3. The van der Waals surface area contributed by atoms with Gasteiger partial charge >= 0.3 is 0 Å². The summed E-state index contributed by atoms with van der Waals surface area (Å²) in [6.07, 6.45) is 5.57. The summed E-state index contributed by atoms with van der Waals surface area (Å²) in [5.41, 5.74) is 0.638. The summed E-state index contributed by atoms with van der Waals surface area (Å²) in [4.78, 5) is 12.3. The Labute approximate surface area is 120 Å². The van der Waals surface area contributed by atoms with Gasteiger partial charge in [-0.15, -0.1) is 0 Å². The minimum atomic E-state index is -0.0258. The number of nitrogens with one attached hydrogen (secondary N) is 1. The number of aryl methyl sites for hydroxylation is 2. The molecule has 1 aromatic heterocycles. The average molecular weight is 332 g/mol.